The lowest BCUT2D eigenvalue weighted by Gasteiger charge is -2.42. The summed E-state index contributed by atoms with van der Waals surface area (Å²) in [5.74, 6) is 0. The molecule has 0 unspecified atom stereocenters. The fourth-order valence-electron chi connectivity index (χ4n) is 2.68. The third-order valence-electron chi connectivity index (χ3n) is 3.81. The van der Waals surface area contributed by atoms with Crippen molar-refractivity contribution in [1.29, 1.82) is 0 Å². The van der Waals surface area contributed by atoms with Gasteiger partial charge in [-0.25, -0.2) is 0 Å². The Morgan fingerprint density at radius 1 is 1.25 bits per heavy atom. The monoisotopic (exact) mass is 219 g/mol. The first-order chi connectivity index (χ1) is 7.80. The molecule has 0 atom stereocenters. The topological polar surface area (TPSA) is 35.2 Å². The Kier molecular flexibility index (Phi) is 3.62. The van der Waals surface area contributed by atoms with Gasteiger partial charge in [0.05, 0.1) is 6.61 Å². The van der Waals surface area contributed by atoms with Crippen molar-refractivity contribution in [3.63, 3.8) is 0 Å². The van der Waals surface area contributed by atoms with E-state index in [1.54, 1.807) is 7.11 Å². The van der Waals surface area contributed by atoms with Gasteiger partial charge < -0.3 is 10.5 Å². The number of nitrogens with two attached hydrogens (primary N) is 1. The van der Waals surface area contributed by atoms with E-state index in [1.165, 1.54) is 30.4 Å². The lowest BCUT2D eigenvalue weighted by atomic mass is 9.62. The molecule has 88 valence electrons. The Balaban J connectivity index is 2.13. The van der Waals surface area contributed by atoms with Gasteiger partial charge in [0.15, 0.2) is 0 Å². The average Bonchev–Trinajstić information content (AvgIpc) is 2.25. The zero-order valence-corrected chi connectivity index (χ0v) is 10.0. The van der Waals surface area contributed by atoms with Crippen LogP contribution in [0.25, 0.3) is 0 Å². The highest BCUT2D eigenvalue weighted by molar-refractivity contribution is 5.31. The van der Waals surface area contributed by atoms with E-state index in [4.69, 9.17) is 10.5 Å². The molecule has 0 aliphatic heterocycles. The third kappa shape index (κ3) is 2.13. The molecular weight excluding hydrogens is 198 g/mol. The van der Waals surface area contributed by atoms with Crippen molar-refractivity contribution in [3.8, 4) is 0 Å². The van der Waals surface area contributed by atoms with Gasteiger partial charge in [0, 0.05) is 7.11 Å². The molecule has 0 saturated heterocycles. The summed E-state index contributed by atoms with van der Waals surface area (Å²) in [6.07, 6.45) is 5.07. The fourth-order valence-corrected chi connectivity index (χ4v) is 2.68. The first-order valence-corrected chi connectivity index (χ1v) is 6.09. The van der Waals surface area contributed by atoms with Gasteiger partial charge in [-0.3, -0.25) is 0 Å². The summed E-state index contributed by atoms with van der Waals surface area (Å²) in [7, 11) is 1.73. The number of hydrogen-bond donors (Lipinski definition) is 1. The molecule has 2 nitrogen and oxygen atoms in total. The zero-order valence-electron chi connectivity index (χ0n) is 10.0. The van der Waals surface area contributed by atoms with Crippen LogP contribution in [0.1, 0.15) is 36.8 Å². The van der Waals surface area contributed by atoms with Gasteiger partial charge >= 0.3 is 0 Å². The van der Waals surface area contributed by atoms with Crippen LogP contribution in [0, 0.1) is 0 Å². The molecule has 1 aromatic rings. The number of benzene rings is 1. The normalized spacial score (nSPS) is 18.1. The van der Waals surface area contributed by atoms with Gasteiger partial charge in [-0.2, -0.15) is 0 Å². The number of rotatable bonds is 5. The summed E-state index contributed by atoms with van der Waals surface area (Å²) in [6, 6.07) is 8.86. The first kappa shape index (κ1) is 11.6. The van der Waals surface area contributed by atoms with E-state index < -0.39 is 0 Å². The highest BCUT2D eigenvalue weighted by atomic mass is 16.5. The van der Waals surface area contributed by atoms with Crippen molar-refractivity contribution in [1.82, 2.24) is 0 Å². The smallest absolute Gasteiger partial charge is 0.0713 e. The van der Waals surface area contributed by atoms with Gasteiger partial charge in [-0.1, -0.05) is 30.7 Å². The van der Waals surface area contributed by atoms with E-state index in [0.29, 0.717) is 12.0 Å². The lowest BCUT2D eigenvalue weighted by Crippen LogP contribution is -2.36. The average molecular weight is 219 g/mol. The second-order valence-corrected chi connectivity index (χ2v) is 4.80. The van der Waals surface area contributed by atoms with Crippen molar-refractivity contribution in [2.75, 3.05) is 13.7 Å². The Morgan fingerprint density at radius 3 is 2.38 bits per heavy atom. The van der Waals surface area contributed by atoms with Crippen LogP contribution in [0.2, 0.25) is 0 Å². The van der Waals surface area contributed by atoms with E-state index in [0.717, 1.165) is 13.0 Å². The second-order valence-electron chi connectivity index (χ2n) is 4.80. The van der Waals surface area contributed by atoms with Gasteiger partial charge in [-0.15, -0.1) is 0 Å². The predicted octanol–water partition coefficient (Wildman–Crippen LogP) is 2.60. The third-order valence-corrected chi connectivity index (χ3v) is 3.81. The van der Waals surface area contributed by atoms with Crippen LogP contribution in [-0.2, 0) is 16.8 Å². The molecule has 0 aromatic heterocycles. The predicted molar refractivity (Wildman–Crippen MR) is 66.4 cm³/mol. The van der Waals surface area contributed by atoms with Crippen molar-refractivity contribution >= 4 is 0 Å². The molecule has 2 N–H and O–H groups in total. The molecule has 1 aliphatic carbocycles. The first-order valence-electron chi connectivity index (χ1n) is 6.09. The van der Waals surface area contributed by atoms with Crippen molar-refractivity contribution < 1.29 is 4.74 Å². The summed E-state index contributed by atoms with van der Waals surface area (Å²) in [5, 5.41) is 0. The molecule has 0 bridgehead atoms. The van der Waals surface area contributed by atoms with Crippen LogP contribution in [0.3, 0.4) is 0 Å². The molecular formula is C14H21NO. The van der Waals surface area contributed by atoms with Crippen LogP contribution in [0.4, 0.5) is 0 Å². The Labute approximate surface area is 97.8 Å². The standard InChI is InChI=1S/C14H21NO/c1-16-11-12-3-5-13(6-4-12)14(9-10-15)7-2-8-14/h3-6H,2,7-11,15H2,1H3. The van der Waals surface area contributed by atoms with Crippen molar-refractivity contribution in [2.24, 2.45) is 5.73 Å². The number of ether oxygens (including phenoxy) is 1. The van der Waals surface area contributed by atoms with E-state index >= 15 is 0 Å². The van der Waals surface area contributed by atoms with E-state index in [2.05, 4.69) is 24.3 Å². The van der Waals surface area contributed by atoms with E-state index in [-0.39, 0.29) is 0 Å². The van der Waals surface area contributed by atoms with Crippen LogP contribution in [0.15, 0.2) is 24.3 Å². The highest BCUT2D eigenvalue weighted by Crippen LogP contribution is 2.46. The Morgan fingerprint density at radius 2 is 1.94 bits per heavy atom. The van der Waals surface area contributed by atoms with Crippen LogP contribution in [-0.4, -0.2) is 13.7 Å². The van der Waals surface area contributed by atoms with E-state index in [9.17, 15) is 0 Å². The number of hydrogen-bond acceptors (Lipinski definition) is 2. The molecule has 1 saturated carbocycles. The Bertz CT molecular complexity index is 327. The molecule has 16 heavy (non-hydrogen) atoms. The van der Waals surface area contributed by atoms with Crippen LogP contribution in [0.5, 0.6) is 0 Å². The summed E-state index contributed by atoms with van der Waals surface area (Å²) >= 11 is 0. The van der Waals surface area contributed by atoms with Gasteiger partial charge in [0.2, 0.25) is 0 Å². The van der Waals surface area contributed by atoms with Crippen LogP contribution >= 0.6 is 0 Å². The molecule has 1 fully saturated rings. The van der Waals surface area contributed by atoms with Gasteiger partial charge in [-0.05, 0) is 42.3 Å². The molecule has 2 rings (SSSR count). The molecule has 0 spiro atoms. The molecule has 1 aromatic carbocycles. The van der Waals surface area contributed by atoms with E-state index in [1.807, 2.05) is 0 Å². The summed E-state index contributed by atoms with van der Waals surface area (Å²) in [4.78, 5) is 0. The SMILES string of the molecule is COCc1ccc(C2(CCN)CCC2)cc1. The number of methoxy groups -OCH3 is 1. The minimum Gasteiger partial charge on any atom is -0.380 e. The molecule has 0 amide bonds. The lowest BCUT2D eigenvalue weighted by molar-refractivity contribution is 0.184. The highest BCUT2D eigenvalue weighted by Gasteiger charge is 2.37. The van der Waals surface area contributed by atoms with Gasteiger partial charge in [0.1, 0.15) is 0 Å². The minimum atomic E-state index is 0.389. The maximum Gasteiger partial charge on any atom is 0.0713 e. The summed E-state index contributed by atoms with van der Waals surface area (Å²) < 4.78 is 5.12. The molecule has 1 aliphatic rings. The fraction of sp³-hybridized carbons (Fsp3) is 0.571. The largest absolute Gasteiger partial charge is 0.380 e. The summed E-state index contributed by atoms with van der Waals surface area (Å²) in [5.41, 5.74) is 8.81. The quantitative estimate of drug-likeness (QED) is 0.826. The minimum absolute atomic E-state index is 0.389. The van der Waals surface area contributed by atoms with Crippen molar-refractivity contribution in [3.05, 3.63) is 35.4 Å². The van der Waals surface area contributed by atoms with Crippen molar-refractivity contribution in [2.45, 2.75) is 37.7 Å². The Hall–Kier alpha value is -0.860. The second kappa shape index (κ2) is 4.98. The van der Waals surface area contributed by atoms with Crippen LogP contribution < -0.4 is 5.73 Å². The molecule has 0 radical (unpaired) electrons. The van der Waals surface area contributed by atoms with Gasteiger partial charge in [0.25, 0.3) is 0 Å². The molecule has 2 heteroatoms. The summed E-state index contributed by atoms with van der Waals surface area (Å²) in [6.45, 7) is 1.49. The zero-order chi connectivity index (χ0) is 11.4. The maximum atomic E-state index is 5.72. The molecule has 0 heterocycles. The maximum absolute atomic E-state index is 5.72.